The third-order valence-electron chi connectivity index (χ3n) is 8.71. The number of amides is 2. The maximum atomic E-state index is 14.0. The first-order valence-corrected chi connectivity index (χ1v) is 20.6. The summed E-state index contributed by atoms with van der Waals surface area (Å²) in [5.74, 6) is 1.05. The van der Waals surface area contributed by atoms with Crippen molar-refractivity contribution >= 4 is 69.9 Å². The number of nitrogens with two attached hydrogens (primary N) is 1. The van der Waals surface area contributed by atoms with Crippen molar-refractivity contribution in [2.75, 3.05) is 23.8 Å². The summed E-state index contributed by atoms with van der Waals surface area (Å²) in [5, 5.41) is 13.6. The van der Waals surface area contributed by atoms with Crippen LogP contribution in [0.4, 0.5) is 25.9 Å². The minimum absolute atomic E-state index is 0.0166. The largest absolute Gasteiger partial charge is 0.509 e. The average molecular weight is 900 g/mol. The number of hydrogen-bond acceptors (Lipinski definition) is 18. The van der Waals surface area contributed by atoms with Crippen molar-refractivity contribution in [3.63, 3.8) is 0 Å². The smallest absolute Gasteiger partial charge is 0.464 e. The van der Waals surface area contributed by atoms with E-state index in [0.29, 0.717) is 16.2 Å². The Morgan fingerprint density at radius 1 is 0.984 bits per heavy atom. The van der Waals surface area contributed by atoms with Crippen LogP contribution < -0.4 is 10.6 Å². The lowest BCUT2D eigenvalue weighted by atomic mass is 9.90. The number of anilines is 2. The molecule has 0 radical (unpaired) electrons. The number of nitrogens with zero attached hydrogens (tertiary/aromatic N) is 6. The van der Waals surface area contributed by atoms with E-state index in [1.807, 2.05) is 0 Å². The zero-order valence-corrected chi connectivity index (χ0v) is 37.5. The number of thiazole rings is 1. The zero-order valence-electron chi connectivity index (χ0n) is 36.0. The summed E-state index contributed by atoms with van der Waals surface area (Å²) < 4.78 is 41.9. The number of fused-ring (bicyclic) bond motifs is 1. The molecule has 0 bridgehead atoms. The van der Waals surface area contributed by atoms with Crippen LogP contribution in [0.15, 0.2) is 41.5 Å². The minimum Gasteiger partial charge on any atom is -0.464 e. The van der Waals surface area contributed by atoms with E-state index in [4.69, 9.17) is 56.9 Å². The van der Waals surface area contributed by atoms with Gasteiger partial charge in [0.25, 0.3) is 0 Å². The van der Waals surface area contributed by atoms with Crippen LogP contribution in [0.5, 0.6) is 0 Å². The topological polar surface area (TPSA) is 239 Å². The molecule has 3 aromatic heterocycles. The maximum absolute atomic E-state index is 14.0. The van der Waals surface area contributed by atoms with E-state index in [-0.39, 0.29) is 29.9 Å². The summed E-state index contributed by atoms with van der Waals surface area (Å²) in [6.07, 6.45) is -1.50. The lowest BCUT2D eigenvalue weighted by molar-refractivity contribution is -0.184. The number of carbonyl (C=O) groups is 4. The van der Waals surface area contributed by atoms with Crippen LogP contribution in [0.3, 0.4) is 0 Å². The first kappa shape index (κ1) is 47.5. The molecule has 3 N–H and O–H groups in total. The van der Waals surface area contributed by atoms with Gasteiger partial charge in [0.1, 0.15) is 22.9 Å². The quantitative estimate of drug-likeness (QED) is 0.0537. The number of benzene rings is 1. The SMILES string of the molecule is C#C[C@@]1(O)[C@@H](COC(Cc2ccc(N)cc2)(C(=O)OCC)c2cscn2)O[C@@H](n2cnc3c(N(C(=O)OC(C)(C)C)C(=O)OC(C)(C)C)nc(Cl)nc32)[C@@H]1OC(=O)OC(C)(C)C. The Labute approximate surface area is 367 Å². The Balaban J connectivity index is 1.65. The van der Waals surface area contributed by atoms with Crippen molar-refractivity contribution in [2.24, 2.45) is 0 Å². The summed E-state index contributed by atoms with van der Waals surface area (Å²) in [6, 6.07) is 6.73. The molecule has 5 atom stereocenters. The molecule has 21 heteroatoms. The standard InChI is InChI=1S/C41H50ClN7O12S/c1-12-40(54)26(19-56-41(32(50)55-13-2,25-20-62-22-45-25)18-23-14-16-24(43)17-15-23)57-31(28(40)58-36(53)61-39(9,10)11)48-21-44-27-29(48)46-33(42)47-30(27)49(34(51)59-37(3,4)5)35(52)60-38(6,7)8/h1,14-17,20-22,26,28,31,54H,13,18-19,43H2,2-11H3/t26-,28+,31-,40-,41?/m1/s1. The van der Waals surface area contributed by atoms with Crippen molar-refractivity contribution < 1.29 is 57.4 Å². The molecule has 0 spiro atoms. The molecule has 0 saturated carbocycles. The molecule has 1 aromatic carbocycles. The van der Waals surface area contributed by atoms with Crippen molar-refractivity contribution in [1.29, 1.82) is 0 Å². The molecular formula is C41H50ClN7O12S. The first-order valence-electron chi connectivity index (χ1n) is 19.3. The molecule has 1 fully saturated rings. The lowest BCUT2D eigenvalue weighted by Crippen LogP contribution is -2.52. The van der Waals surface area contributed by atoms with Crippen LogP contribution in [0, 0.1) is 12.3 Å². The van der Waals surface area contributed by atoms with Crippen molar-refractivity contribution in [2.45, 2.75) is 122 Å². The third kappa shape index (κ3) is 10.7. The van der Waals surface area contributed by atoms with E-state index in [0.717, 1.165) is 6.33 Å². The number of rotatable bonds is 11. The summed E-state index contributed by atoms with van der Waals surface area (Å²) >= 11 is 7.67. The van der Waals surface area contributed by atoms with E-state index in [2.05, 4.69) is 25.9 Å². The Hall–Kier alpha value is -5.59. The number of ether oxygens (including phenoxy) is 7. The predicted molar refractivity (Wildman–Crippen MR) is 225 cm³/mol. The normalized spacial score (nSPS) is 20.1. The number of hydrogen-bond donors (Lipinski definition) is 2. The van der Waals surface area contributed by atoms with Gasteiger partial charge in [0.05, 0.1) is 30.7 Å². The second kappa shape index (κ2) is 18.0. The van der Waals surface area contributed by atoms with Crippen molar-refractivity contribution in [3.8, 4) is 12.3 Å². The molecule has 4 heterocycles. The van der Waals surface area contributed by atoms with Crippen LogP contribution in [-0.2, 0) is 50.0 Å². The van der Waals surface area contributed by atoms with Gasteiger partial charge in [-0.2, -0.15) is 14.9 Å². The summed E-state index contributed by atoms with van der Waals surface area (Å²) in [6.45, 7) is 15.3. The Morgan fingerprint density at radius 2 is 1.60 bits per heavy atom. The highest BCUT2D eigenvalue weighted by Crippen LogP contribution is 2.43. The van der Waals surface area contributed by atoms with Gasteiger partial charge in [0, 0.05) is 17.5 Å². The van der Waals surface area contributed by atoms with Crippen LogP contribution in [-0.4, -0.2) is 102 Å². The van der Waals surface area contributed by atoms with Gasteiger partial charge in [-0.25, -0.2) is 29.1 Å². The lowest BCUT2D eigenvalue weighted by Gasteiger charge is -2.33. The van der Waals surface area contributed by atoms with Gasteiger partial charge in [0.15, 0.2) is 34.9 Å². The molecule has 5 rings (SSSR count). The first-order chi connectivity index (χ1) is 28.8. The van der Waals surface area contributed by atoms with Gasteiger partial charge >= 0.3 is 24.3 Å². The Bertz CT molecular complexity index is 2290. The van der Waals surface area contributed by atoms with E-state index >= 15 is 0 Å². The molecule has 1 aliphatic rings. The van der Waals surface area contributed by atoms with E-state index < -0.39 is 88.5 Å². The summed E-state index contributed by atoms with van der Waals surface area (Å²) in [7, 11) is 0. The number of imidazole rings is 1. The number of aromatic nitrogens is 5. The number of terminal acetylenes is 1. The number of carbonyl (C=O) groups excluding carboxylic acids is 4. The highest BCUT2D eigenvalue weighted by Gasteiger charge is 2.60. The fourth-order valence-corrected chi connectivity index (χ4v) is 6.93. The van der Waals surface area contributed by atoms with Gasteiger partial charge in [-0.05, 0) is 98.5 Å². The Morgan fingerprint density at radius 3 is 2.13 bits per heavy atom. The molecular weight excluding hydrogens is 850 g/mol. The molecule has 1 unspecified atom stereocenters. The van der Waals surface area contributed by atoms with Crippen LogP contribution >= 0.6 is 22.9 Å². The van der Waals surface area contributed by atoms with Gasteiger partial charge in [-0.1, -0.05) is 18.1 Å². The monoisotopic (exact) mass is 899 g/mol. The number of esters is 1. The van der Waals surface area contributed by atoms with Gasteiger partial charge < -0.3 is 44.0 Å². The maximum Gasteiger partial charge on any atom is 0.509 e. The molecule has 2 amide bonds. The van der Waals surface area contributed by atoms with Crippen LogP contribution in [0.2, 0.25) is 5.28 Å². The summed E-state index contributed by atoms with van der Waals surface area (Å²) in [4.78, 5) is 72.5. The van der Waals surface area contributed by atoms with Gasteiger partial charge in [0.2, 0.25) is 10.9 Å². The number of imide groups is 1. The second-order valence-electron chi connectivity index (χ2n) is 17.1. The van der Waals surface area contributed by atoms with Crippen LogP contribution in [0.1, 0.15) is 86.7 Å². The van der Waals surface area contributed by atoms with Crippen LogP contribution in [0.25, 0.3) is 11.2 Å². The molecule has 62 heavy (non-hydrogen) atoms. The number of halogens is 1. The highest BCUT2D eigenvalue weighted by molar-refractivity contribution is 7.07. The Kier molecular flexibility index (Phi) is 13.8. The van der Waals surface area contributed by atoms with E-state index in [1.54, 1.807) is 98.9 Å². The molecule has 19 nitrogen and oxygen atoms in total. The molecule has 1 saturated heterocycles. The van der Waals surface area contributed by atoms with Gasteiger partial charge in [-0.15, -0.1) is 17.8 Å². The highest BCUT2D eigenvalue weighted by atomic mass is 35.5. The molecule has 1 aliphatic heterocycles. The zero-order chi connectivity index (χ0) is 46.0. The van der Waals surface area contributed by atoms with Crippen molar-refractivity contribution in [3.05, 3.63) is 58.0 Å². The molecule has 4 aromatic rings. The molecule has 334 valence electrons. The summed E-state index contributed by atoms with van der Waals surface area (Å²) in [5.41, 5.74) is 0.701. The average Bonchev–Trinajstić information content (AvgIpc) is 3.89. The van der Waals surface area contributed by atoms with Crippen molar-refractivity contribution in [1.82, 2.24) is 24.5 Å². The fraction of sp³-hybridized carbons (Fsp3) is 0.512. The third-order valence-corrected chi connectivity index (χ3v) is 9.47. The van der Waals surface area contributed by atoms with E-state index in [1.165, 1.54) is 21.4 Å². The number of nitrogen functional groups attached to an aromatic ring is 1. The fourth-order valence-electron chi connectivity index (χ4n) is 6.15. The van der Waals surface area contributed by atoms with Gasteiger partial charge in [-0.3, -0.25) is 4.57 Å². The second-order valence-corrected chi connectivity index (χ2v) is 18.1. The minimum atomic E-state index is -2.53. The molecule has 0 aliphatic carbocycles. The predicted octanol–water partition coefficient (Wildman–Crippen LogP) is 6.49. The van der Waals surface area contributed by atoms with E-state index in [9.17, 15) is 24.3 Å². The number of aliphatic hydroxyl groups is 1.